The normalized spacial score (nSPS) is 11.0. The van der Waals surface area contributed by atoms with E-state index in [9.17, 15) is 9.59 Å². The molecule has 0 radical (unpaired) electrons. The van der Waals surface area contributed by atoms with Gasteiger partial charge in [0.2, 0.25) is 5.91 Å². The van der Waals surface area contributed by atoms with Crippen LogP contribution >= 0.6 is 0 Å². The highest BCUT2D eigenvalue weighted by atomic mass is 16.4. The van der Waals surface area contributed by atoms with Crippen LogP contribution in [0.15, 0.2) is 30.3 Å². The van der Waals surface area contributed by atoms with Crippen molar-refractivity contribution in [3.63, 3.8) is 0 Å². The first-order chi connectivity index (χ1) is 8.15. The monoisotopic (exact) mass is 232 g/mol. The van der Waals surface area contributed by atoms with Gasteiger partial charge in [-0.25, -0.2) is 4.79 Å². The maximum Gasteiger partial charge on any atom is 0.405 e. The molecule has 1 atom stereocenters. The molecule has 0 aliphatic carbocycles. The molecule has 2 amide bonds. The number of nitrogens with one attached hydrogen (secondary N) is 2. The van der Waals surface area contributed by atoms with Gasteiger partial charge in [0.25, 0.3) is 0 Å². The number of rotatable bonds is 4. The van der Waals surface area contributed by atoms with Crippen molar-refractivity contribution < 1.29 is 14.7 Å². The van der Waals surface area contributed by atoms with Gasteiger partial charge in [0.1, 0.15) is 6.04 Å². The fourth-order valence-electron chi connectivity index (χ4n) is 1.31. The van der Waals surface area contributed by atoms with Crippen LogP contribution in [0.4, 0.5) is 4.79 Å². The maximum absolute atomic E-state index is 11.7. The molecule has 0 aliphatic rings. The number of benzene rings is 1. The third-order valence-corrected chi connectivity index (χ3v) is 2.03. The lowest BCUT2D eigenvalue weighted by Gasteiger charge is -2.16. The molecule has 0 fully saturated rings. The first kappa shape index (κ1) is 12.6. The molecule has 1 aromatic rings. The minimum Gasteiger partial charge on any atom is -0.465 e. The summed E-state index contributed by atoms with van der Waals surface area (Å²) in [5, 5.41) is 13.3. The molecular weight excluding hydrogens is 220 g/mol. The summed E-state index contributed by atoms with van der Waals surface area (Å²) >= 11 is 0. The van der Waals surface area contributed by atoms with Crippen molar-refractivity contribution in [2.45, 2.75) is 6.04 Å². The van der Waals surface area contributed by atoms with Crippen LogP contribution in [0.2, 0.25) is 0 Å². The third-order valence-electron chi connectivity index (χ3n) is 2.03. The Bertz CT molecular complexity index is 437. The number of hydrogen-bond acceptors (Lipinski definition) is 2. The minimum atomic E-state index is -1.27. The molecule has 1 aromatic carbocycles. The standard InChI is InChI=1S/C12H12N2O3/c1-2-8-13-11(15)10(14-12(16)17)9-6-4-3-5-7-9/h1,3-7,10,14H,8H2,(H,13,15)(H,16,17)/t10-/m0/s1. The Morgan fingerprint density at radius 1 is 1.35 bits per heavy atom. The van der Waals surface area contributed by atoms with E-state index in [0.29, 0.717) is 5.56 Å². The number of carboxylic acid groups (broad SMARTS) is 1. The summed E-state index contributed by atoms with van der Waals surface area (Å²) in [6.07, 6.45) is 3.75. The number of amides is 2. The Labute approximate surface area is 98.8 Å². The van der Waals surface area contributed by atoms with Gasteiger partial charge in [-0.1, -0.05) is 36.3 Å². The molecule has 0 spiro atoms. The van der Waals surface area contributed by atoms with Gasteiger partial charge in [-0.2, -0.15) is 0 Å². The van der Waals surface area contributed by atoms with E-state index in [0.717, 1.165) is 0 Å². The highest BCUT2D eigenvalue weighted by Gasteiger charge is 2.21. The van der Waals surface area contributed by atoms with Crippen molar-refractivity contribution in [3.05, 3.63) is 35.9 Å². The summed E-state index contributed by atoms with van der Waals surface area (Å²) in [6, 6.07) is 7.59. The van der Waals surface area contributed by atoms with Crippen molar-refractivity contribution in [2.24, 2.45) is 0 Å². The van der Waals surface area contributed by atoms with Crippen LogP contribution in [0, 0.1) is 12.3 Å². The second-order valence-corrected chi connectivity index (χ2v) is 3.22. The molecule has 17 heavy (non-hydrogen) atoms. The Kier molecular flexibility index (Phi) is 4.58. The predicted octanol–water partition coefficient (Wildman–Crippen LogP) is 0.745. The molecule has 0 aromatic heterocycles. The summed E-state index contributed by atoms with van der Waals surface area (Å²) in [4.78, 5) is 22.3. The molecule has 0 heterocycles. The Hall–Kier alpha value is -2.48. The second-order valence-electron chi connectivity index (χ2n) is 3.22. The number of hydrogen-bond donors (Lipinski definition) is 3. The van der Waals surface area contributed by atoms with Gasteiger partial charge in [0.15, 0.2) is 0 Å². The van der Waals surface area contributed by atoms with Gasteiger partial charge in [-0.15, -0.1) is 6.42 Å². The van der Waals surface area contributed by atoms with Crippen LogP contribution in [-0.4, -0.2) is 23.7 Å². The molecule has 0 aliphatic heterocycles. The number of carbonyl (C=O) groups is 2. The van der Waals surface area contributed by atoms with Crippen LogP contribution < -0.4 is 10.6 Å². The quantitative estimate of drug-likeness (QED) is 0.670. The molecule has 0 bridgehead atoms. The van der Waals surface area contributed by atoms with E-state index >= 15 is 0 Å². The van der Waals surface area contributed by atoms with E-state index in [1.165, 1.54) is 0 Å². The van der Waals surface area contributed by atoms with Gasteiger partial charge in [0.05, 0.1) is 6.54 Å². The van der Waals surface area contributed by atoms with Gasteiger partial charge in [-0.3, -0.25) is 4.79 Å². The third kappa shape index (κ3) is 3.87. The molecule has 88 valence electrons. The molecule has 5 heteroatoms. The van der Waals surface area contributed by atoms with Crippen molar-refractivity contribution >= 4 is 12.0 Å². The fourth-order valence-corrected chi connectivity index (χ4v) is 1.31. The molecule has 5 nitrogen and oxygen atoms in total. The Balaban J connectivity index is 2.85. The molecule has 1 rings (SSSR count). The summed E-state index contributed by atoms with van der Waals surface area (Å²) < 4.78 is 0. The lowest BCUT2D eigenvalue weighted by Crippen LogP contribution is -2.39. The van der Waals surface area contributed by atoms with E-state index in [1.54, 1.807) is 30.3 Å². The average molecular weight is 232 g/mol. The second kappa shape index (κ2) is 6.18. The zero-order valence-corrected chi connectivity index (χ0v) is 9.01. The van der Waals surface area contributed by atoms with Crippen molar-refractivity contribution in [1.82, 2.24) is 10.6 Å². The summed E-state index contributed by atoms with van der Waals surface area (Å²) in [6.45, 7) is 0.0590. The molecule has 0 saturated carbocycles. The van der Waals surface area contributed by atoms with Gasteiger partial charge < -0.3 is 15.7 Å². The van der Waals surface area contributed by atoms with Gasteiger partial charge in [0, 0.05) is 0 Å². The van der Waals surface area contributed by atoms with Crippen LogP contribution in [0.1, 0.15) is 11.6 Å². The fraction of sp³-hybridized carbons (Fsp3) is 0.167. The zero-order valence-electron chi connectivity index (χ0n) is 9.01. The highest BCUT2D eigenvalue weighted by molar-refractivity contribution is 5.86. The van der Waals surface area contributed by atoms with Crippen LogP contribution in [-0.2, 0) is 4.79 Å². The van der Waals surface area contributed by atoms with E-state index in [2.05, 4.69) is 16.6 Å². The van der Waals surface area contributed by atoms with E-state index < -0.39 is 18.0 Å². The van der Waals surface area contributed by atoms with E-state index in [4.69, 9.17) is 11.5 Å². The maximum atomic E-state index is 11.7. The summed E-state index contributed by atoms with van der Waals surface area (Å²) in [5.74, 6) is 1.78. The zero-order chi connectivity index (χ0) is 12.7. The van der Waals surface area contributed by atoms with E-state index in [-0.39, 0.29) is 6.54 Å². The van der Waals surface area contributed by atoms with Crippen molar-refractivity contribution in [3.8, 4) is 12.3 Å². The highest BCUT2D eigenvalue weighted by Crippen LogP contribution is 2.12. The average Bonchev–Trinajstić information content (AvgIpc) is 2.34. The van der Waals surface area contributed by atoms with Crippen LogP contribution in [0.25, 0.3) is 0 Å². The van der Waals surface area contributed by atoms with E-state index in [1.807, 2.05) is 0 Å². The summed E-state index contributed by atoms with van der Waals surface area (Å²) in [5.41, 5.74) is 0.560. The minimum absolute atomic E-state index is 0.0590. The largest absolute Gasteiger partial charge is 0.465 e. The Morgan fingerprint density at radius 2 is 2.00 bits per heavy atom. The number of carbonyl (C=O) groups excluding carboxylic acids is 1. The first-order valence-corrected chi connectivity index (χ1v) is 4.90. The first-order valence-electron chi connectivity index (χ1n) is 4.90. The van der Waals surface area contributed by atoms with Gasteiger partial charge >= 0.3 is 6.09 Å². The summed E-state index contributed by atoms with van der Waals surface area (Å²) in [7, 11) is 0. The lowest BCUT2D eigenvalue weighted by molar-refractivity contribution is -0.122. The Morgan fingerprint density at radius 3 is 2.53 bits per heavy atom. The SMILES string of the molecule is C#CCNC(=O)[C@@H](NC(=O)O)c1ccccc1. The molecular formula is C12H12N2O3. The van der Waals surface area contributed by atoms with Crippen LogP contribution in [0.5, 0.6) is 0 Å². The molecule has 3 N–H and O–H groups in total. The van der Waals surface area contributed by atoms with Crippen molar-refractivity contribution in [1.29, 1.82) is 0 Å². The van der Waals surface area contributed by atoms with Crippen LogP contribution in [0.3, 0.4) is 0 Å². The lowest BCUT2D eigenvalue weighted by atomic mass is 10.1. The predicted molar refractivity (Wildman–Crippen MR) is 62.2 cm³/mol. The van der Waals surface area contributed by atoms with Crippen molar-refractivity contribution in [2.75, 3.05) is 6.54 Å². The molecule has 0 unspecified atom stereocenters. The topological polar surface area (TPSA) is 78.4 Å². The number of terminal acetylenes is 1. The molecule has 0 saturated heterocycles. The van der Waals surface area contributed by atoms with Gasteiger partial charge in [-0.05, 0) is 5.56 Å². The smallest absolute Gasteiger partial charge is 0.405 e.